The summed E-state index contributed by atoms with van der Waals surface area (Å²) in [4.78, 5) is 11.3. The first kappa shape index (κ1) is 20.1. The second-order valence-corrected chi connectivity index (χ2v) is 6.17. The van der Waals surface area contributed by atoms with Gasteiger partial charge in [0.1, 0.15) is 0 Å². The molecule has 24 heavy (non-hydrogen) atoms. The molecule has 136 valence electrons. The van der Waals surface area contributed by atoms with Crippen LogP contribution in [0.15, 0.2) is 18.2 Å². The molecule has 0 aliphatic heterocycles. The normalized spacial score (nSPS) is 11.8. The van der Waals surface area contributed by atoms with Crippen molar-refractivity contribution in [2.24, 2.45) is 5.92 Å². The lowest BCUT2D eigenvalue weighted by Crippen LogP contribution is -2.15. The molecular weight excluding hydrogens is 306 g/mol. The van der Waals surface area contributed by atoms with Crippen LogP contribution in [0.3, 0.4) is 0 Å². The van der Waals surface area contributed by atoms with Gasteiger partial charge >= 0.3 is 5.97 Å². The van der Waals surface area contributed by atoms with E-state index in [1.807, 2.05) is 13.0 Å². The lowest BCUT2D eigenvalue weighted by molar-refractivity contribution is -0.141. The Morgan fingerprint density at radius 1 is 1.12 bits per heavy atom. The van der Waals surface area contributed by atoms with Gasteiger partial charge in [0.25, 0.3) is 0 Å². The molecule has 0 amide bonds. The maximum Gasteiger partial charge on any atom is 0.305 e. The molecule has 2 N–H and O–H groups in total. The Labute approximate surface area is 145 Å². The zero-order valence-electron chi connectivity index (χ0n) is 15.2. The fourth-order valence-corrected chi connectivity index (χ4v) is 2.30. The zero-order chi connectivity index (χ0) is 17.8. The Balaban J connectivity index is 2.47. The first-order chi connectivity index (χ1) is 11.6. The highest BCUT2D eigenvalue weighted by Gasteiger charge is 2.12. The van der Waals surface area contributed by atoms with Gasteiger partial charge in [-0.1, -0.05) is 39.5 Å². The van der Waals surface area contributed by atoms with Gasteiger partial charge in [0.2, 0.25) is 0 Å². The Bertz CT molecular complexity index is 490. The van der Waals surface area contributed by atoms with Gasteiger partial charge in [-0.2, -0.15) is 0 Å². The van der Waals surface area contributed by atoms with Crippen LogP contribution in [0.1, 0.15) is 52.4 Å². The molecule has 0 aromatic heterocycles. The molecule has 0 fully saturated rings. The summed E-state index contributed by atoms with van der Waals surface area (Å²) in [6, 6.07) is 5.40. The monoisotopic (exact) mass is 337 g/mol. The van der Waals surface area contributed by atoms with Crippen molar-refractivity contribution in [3.8, 4) is 11.5 Å². The average molecular weight is 337 g/mol. The molecule has 5 nitrogen and oxygen atoms in total. The smallest absolute Gasteiger partial charge is 0.305 e. The van der Waals surface area contributed by atoms with Crippen LogP contribution in [-0.2, 0) is 9.53 Å². The summed E-state index contributed by atoms with van der Waals surface area (Å²) in [6.07, 6.45) is 6.29. The summed E-state index contributed by atoms with van der Waals surface area (Å²) in [6.45, 7) is 5.22. The highest BCUT2D eigenvalue weighted by molar-refractivity contribution is 5.69. The molecule has 0 saturated heterocycles. The zero-order valence-corrected chi connectivity index (χ0v) is 15.2. The van der Waals surface area contributed by atoms with Gasteiger partial charge < -0.3 is 19.9 Å². The Morgan fingerprint density at radius 3 is 2.58 bits per heavy atom. The molecular formula is C19H31NO4. The van der Waals surface area contributed by atoms with Crippen molar-refractivity contribution in [2.75, 3.05) is 26.1 Å². The number of nitrogen functional groups attached to an aromatic ring is 1. The van der Waals surface area contributed by atoms with E-state index >= 15 is 0 Å². The first-order valence-corrected chi connectivity index (χ1v) is 8.78. The van der Waals surface area contributed by atoms with Crippen LogP contribution in [0.4, 0.5) is 5.69 Å². The number of anilines is 1. The summed E-state index contributed by atoms with van der Waals surface area (Å²) in [5, 5.41) is 0. The van der Waals surface area contributed by atoms with Gasteiger partial charge in [-0.05, 0) is 18.6 Å². The minimum absolute atomic E-state index is 0.0563. The Kier molecular flexibility index (Phi) is 9.73. The fourth-order valence-electron chi connectivity index (χ4n) is 2.30. The number of rotatable bonds is 12. The summed E-state index contributed by atoms with van der Waals surface area (Å²) in [7, 11) is 1.39. The summed E-state index contributed by atoms with van der Waals surface area (Å²) >= 11 is 0. The van der Waals surface area contributed by atoms with Gasteiger partial charge in [-0.3, -0.25) is 4.79 Å². The van der Waals surface area contributed by atoms with E-state index < -0.39 is 0 Å². The van der Waals surface area contributed by atoms with Gasteiger partial charge in [-0.15, -0.1) is 0 Å². The number of carbonyl (C=O) groups excluding carboxylic acids is 1. The molecule has 5 heteroatoms. The summed E-state index contributed by atoms with van der Waals surface area (Å²) < 4.78 is 16.3. The summed E-state index contributed by atoms with van der Waals surface area (Å²) in [5.74, 6) is 1.15. The van der Waals surface area contributed by atoms with Crippen molar-refractivity contribution >= 4 is 11.7 Å². The quantitative estimate of drug-likeness (QED) is 0.352. The highest BCUT2D eigenvalue weighted by atomic mass is 16.5. The number of carbonyl (C=O) groups is 1. The summed E-state index contributed by atoms with van der Waals surface area (Å²) in [5.41, 5.74) is 6.46. The van der Waals surface area contributed by atoms with Crippen LogP contribution >= 0.6 is 0 Å². The highest BCUT2D eigenvalue weighted by Crippen LogP contribution is 2.30. The lowest BCUT2D eigenvalue weighted by Gasteiger charge is -2.16. The number of benzene rings is 1. The van der Waals surface area contributed by atoms with E-state index in [-0.39, 0.29) is 11.9 Å². The van der Waals surface area contributed by atoms with E-state index in [2.05, 4.69) is 11.7 Å². The minimum Gasteiger partial charge on any atom is -0.490 e. The molecule has 0 radical (unpaired) electrons. The molecule has 1 atom stereocenters. The van der Waals surface area contributed by atoms with E-state index in [1.54, 1.807) is 12.1 Å². The van der Waals surface area contributed by atoms with Crippen LogP contribution in [0.2, 0.25) is 0 Å². The number of methoxy groups -OCH3 is 1. The Morgan fingerprint density at radius 2 is 1.88 bits per heavy atom. The van der Waals surface area contributed by atoms with E-state index in [9.17, 15) is 4.79 Å². The predicted octanol–water partition coefficient (Wildman–Crippen LogP) is 4.20. The molecule has 0 aliphatic carbocycles. The topological polar surface area (TPSA) is 70.8 Å². The molecule has 0 spiro atoms. The van der Waals surface area contributed by atoms with Crippen molar-refractivity contribution in [1.82, 2.24) is 0 Å². The third kappa shape index (κ3) is 8.09. The van der Waals surface area contributed by atoms with E-state index in [0.717, 1.165) is 6.42 Å². The molecule has 0 heterocycles. The maximum absolute atomic E-state index is 11.3. The van der Waals surface area contributed by atoms with Crippen LogP contribution < -0.4 is 15.2 Å². The number of nitrogens with two attached hydrogens (primary N) is 1. The Hall–Kier alpha value is -1.91. The van der Waals surface area contributed by atoms with E-state index in [0.29, 0.717) is 36.8 Å². The number of hydrogen-bond donors (Lipinski definition) is 1. The maximum atomic E-state index is 11.3. The second-order valence-electron chi connectivity index (χ2n) is 6.17. The van der Waals surface area contributed by atoms with E-state index in [1.165, 1.54) is 32.8 Å². The standard InChI is InChI=1S/C19H31NO4/c1-4-5-6-7-8-11-23-17-10-9-16(20)13-18(17)24-14-15(2)12-19(21)22-3/h9-10,13,15H,4-8,11-12,14,20H2,1-3H3. The van der Waals surface area contributed by atoms with Crippen LogP contribution in [0.5, 0.6) is 11.5 Å². The van der Waals surface area contributed by atoms with Crippen LogP contribution in [-0.4, -0.2) is 26.3 Å². The largest absolute Gasteiger partial charge is 0.490 e. The van der Waals surface area contributed by atoms with Crippen LogP contribution in [0.25, 0.3) is 0 Å². The van der Waals surface area contributed by atoms with Crippen LogP contribution in [0, 0.1) is 5.92 Å². The molecule has 1 rings (SSSR count). The van der Waals surface area contributed by atoms with Crippen molar-refractivity contribution in [1.29, 1.82) is 0 Å². The van der Waals surface area contributed by atoms with Gasteiger partial charge in [0.15, 0.2) is 11.5 Å². The van der Waals surface area contributed by atoms with E-state index in [4.69, 9.17) is 15.2 Å². The average Bonchev–Trinajstić information content (AvgIpc) is 2.57. The van der Waals surface area contributed by atoms with Crippen molar-refractivity contribution < 1.29 is 19.0 Å². The van der Waals surface area contributed by atoms with Gasteiger partial charge in [0, 0.05) is 17.7 Å². The molecule has 1 aromatic carbocycles. The molecule has 1 unspecified atom stereocenters. The van der Waals surface area contributed by atoms with Gasteiger partial charge in [-0.25, -0.2) is 0 Å². The number of esters is 1. The molecule has 0 saturated carbocycles. The minimum atomic E-state index is -0.234. The second kappa shape index (κ2) is 11.6. The first-order valence-electron chi connectivity index (χ1n) is 8.78. The molecule has 0 aliphatic rings. The molecule has 0 bridgehead atoms. The number of unbranched alkanes of at least 4 members (excludes halogenated alkanes) is 4. The third-order valence-corrected chi connectivity index (χ3v) is 3.74. The third-order valence-electron chi connectivity index (χ3n) is 3.74. The lowest BCUT2D eigenvalue weighted by atomic mass is 10.1. The SMILES string of the molecule is CCCCCCCOc1ccc(N)cc1OCC(C)CC(=O)OC. The van der Waals surface area contributed by atoms with Gasteiger partial charge in [0.05, 0.1) is 26.7 Å². The number of hydrogen-bond acceptors (Lipinski definition) is 5. The number of ether oxygens (including phenoxy) is 3. The van der Waals surface area contributed by atoms with Crippen molar-refractivity contribution in [3.05, 3.63) is 18.2 Å². The van der Waals surface area contributed by atoms with Crippen molar-refractivity contribution in [2.45, 2.75) is 52.4 Å². The molecule has 1 aromatic rings. The fraction of sp³-hybridized carbons (Fsp3) is 0.632. The van der Waals surface area contributed by atoms with Crippen molar-refractivity contribution in [3.63, 3.8) is 0 Å². The predicted molar refractivity (Wildman–Crippen MR) is 96.4 cm³/mol.